The molecule has 4 atom stereocenters. The highest BCUT2D eigenvalue weighted by Gasteiger charge is 2.52. The van der Waals surface area contributed by atoms with Crippen LogP contribution in [0.4, 0.5) is 0 Å². The maximum absolute atomic E-state index is 12.5. The molecule has 2 aliphatic rings. The molecular formula is C19H25N5O6. The van der Waals surface area contributed by atoms with E-state index in [4.69, 9.17) is 14.2 Å². The predicted octanol–water partition coefficient (Wildman–Crippen LogP) is -0.531. The van der Waals surface area contributed by atoms with E-state index in [0.29, 0.717) is 11.3 Å². The zero-order chi connectivity index (χ0) is 21.6. The van der Waals surface area contributed by atoms with Crippen LogP contribution in [0.25, 0.3) is 0 Å². The van der Waals surface area contributed by atoms with Crippen molar-refractivity contribution in [1.82, 2.24) is 24.6 Å². The average molecular weight is 419 g/mol. The van der Waals surface area contributed by atoms with Gasteiger partial charge in [0.05, 0.1) is 23.9 Å². The van der Waals surface area contributed by atoms with Crippen molar-refractivity contribution in [3.63, 3.8) is 0 Å². The van der Waals surface area contributed by atoms with Crippen LogP contribution in [0.2, 0.25) is 0 Å². The Labute approximate surface area is 171 Å². The minimum Gasteiger partial charge on any atom is -0.371 e. The molecule has 30 heavy (non-hydrogen) atoms. The van der Waals surface area contributed by atoms with Gasteiger partial charge in [-0.15, -0.1) is 0 Å². The second-order valence-corrected chi connectivity index (χ2v) is 8.03. The van der Waals surface area contributed by atoms with Crippen LogP contribution in [0.1, 0.15) is 35.9 Å². The fourth-order valence-corrected chi connectivity index (χ4v) is 4.03. The number of H-pyrrole nitrogens is 1. The molecule has 2 N–H and O–H groups in total. The molecule has 0 spiro atoms. The molecule has 0 unspecified atom stereocenters. The van der Waals surface area contributed by atoms with Crippen LogP contribution in [0.5, 0.6) is 0 Å². The predicted molar refractivity (Wildman–Crippen MR) is 104 cm³/mol. The molecule has 2 aromatic heterocycles. The third-order valence-electron chi connectivity index (χ3n) is 5.32. The number of ether oxygens (including phenoxy) is 3. The van der Waals surface area contributed by atoms with Gasteiger partial charge in [-0.05, 0) is 20.8 Å². The molecule has 4 rings (SSSR count). The number of hydrogen-bond donors (Lipinski definition) is 2. The summed E-state index contributed by atoms with van der Waals surface area (Å²) in [7, 11) is 1.75. The molecule has 162 valence electrons. The van der Waals surface area contributed by atoms with Gasteiger partial charge in [-0.1, -0.05) is 0 Å². The number of rotatable bonds is 4. The lowest BCUT2D eigenvalue weighted by Crippen LogP contribution is -2.54. The molecule has 0 saturated carbocycles. The number of amides is 1. The van der Waals surface area contributed by atoms with Gasteiger partial charge in [-0.25, -0.2) is 4.79 Å². The van der Waals surface area contributed by atoms with Crippen molar-refractivity contribution in [3.05, 3.63) is 50.6 Å². The number of aromatic nitrogens is 4. The minimum atomic E-state index is -0.880. The Kier molecular flexibility index (Phi) is 5.12. The van der Waals surface area contributed by atoms with E-state index in [1.807, 2.05) is 0 Å². The topological polar surface area (TPSA) is 129 Å². The third-order valence-corrected chi connectivity index (χ3v) is 5.32. The summed E-state index contributed by atoms with van der Waals surface area (Å²) in [5, 5.41) is 7.05. The van der Waals surface area contributed by atoms with E-state index in [1.165, 1.54) is 16.8 Å². The van der Waals surface area contributed by atoms with Gasteiger partial charge in [-0.3, -0.25) is 23.8 Å². The van der Waals surface area contributed by atoms with Crippen LogP contribution < -0.4 is 16.6 Å². The van der Waals surface area contributed by atoms with E-state index in [2.05, 4.69) is 15.4 Å². The van der Waals surface area contributed by atoms with Crippen LogP contribution >= 0.6 is 0 Å². The molecule has 11 heteroatoms. The molecule has 11 nitrogen and oxygen atoms in total. The molecule has 2 aliphatic heterocycles. The number of aryl methyl sites for hydroxylation is 2. The molecule has 2 fully saturated rings. The maximum atomic E-state index is 12.5. The summed E-state index contributed by atoms with van der Waals surface area (Å²) in [4.78, 5) is 38.4. The lowest BCUT2D eigenvalue weighted by molar-refractivity contribution is -0.153. The van der Waals surface area contributed by atoms with Gasteiger partial charge < -0.3 is 19.5 Å². The van der Waals surface area contributed by atoms with Gasteiger partial charge in [0.15, 0.2) is 5.79 Å². The van der Waals surface area contributed by atoms with E-state index in [-0.39, 0.29) is 19.1 Å². The van der Waals surface area contributed by atoms with Gasteiger partial charge in [0.1, 0.15) is 18.3 Å². The fourth-order valence-electron chi connectivity index (χ4n) is 4.03. The van der Waals surface area contributed by atoms with Crippen molar-refractivity contribution < 1.29 is 19.0 Å². The number of aromatic amines is 1. The molecule has 0 radical (unpaired) electrons. The number of hydrogen-bond acceptors (Lipinski definition) is 7. The quantitative estimate of drug-likeness (QED) is 0.681. The summed E-state index contributed by atoms with van der Waals surface area (Å²) in [6, 6.07) is 0.800. The van der Waals surface area contributed by atoms with Crippen LogP contribution in [0.3, 0.4) is 0 Å². The number of nitrogens with zero attached hydrogens (tertiary/aromatic N) is 3. The number of nitrogens with one attached hydrogen (secondary N) is 2. The van der Waals surface area contributed by atoms with Crippen LogP contribution in [0.15, 0.2) is 28.0 Å². The molecule has 0 aromatic carbocycles. The van der Waals surface area contributed by atoms with E-state index >= 15 is 0 Å². The van der Waals surface area contributed by atoms with Crippen molar-refractivity contribution in [2.75, 3.05) is 13.2 Å². The van der Waals surface area contributed by atoms with E-state index < -0.39 is 41.4 Å². The first-order chi connectivity index (χ1) is 14.1. The Hall–Kier alpha value is -2.76. The van der Waals surface area contributed by atoms with E-state index in [9.17, 15) is 14.4 Å². The molecule has 0 bridgehead atoms. The van der Waals surface area contributed by atoms with Crippen molar-refractivity contribution in [1.29, 1.82) is 0 Å². The minimum absolute atomic E-state index is 0.166. The Balaban J connectivity index is 1.52. The highest BCUT2D eigenvalue weighted by atomic mass is 16.8. The Bertz CT molecular complexity index is 1070. The standard InChI is InChI=1S/C19H25N5O6/c1-10-11(8-23(4)22-10)17(26)20-7-13-16-15(29-19(2,3)30-16)12(9-28-13)24-6-5-14(25)21-18(24)27/h5-6,8,12-13,15-16H,7,9H2,1-4H3,(H,20,26)(H,21,25,27)/t12-,13-,15+,16-/m1/s1. The van der Waals surface area contributed by atoms with Crippen LogP contribution in [-0.2, 0) is 21.3 Å². The zero-order valence-corrected chi connectivity index (χ0v) is 17.2. The number of carbonyl (C=O) groups is 1. The van der Waals surface area contributed by atoms with Crippen molar-refractivity contribution >= 4 is 5.91 Å². The Morgan fingerprint density at radius 1 is 1.33 bits per heavy atom. The van der Waals surface area contributed by atoms with Crippen molar-refractivity contribution in [3.8, 4) is 0 Å². The zero-order valence-electron chi connectivity index (χ0n) is 17.2. The molecular weight excluding hydrogens is 394 g/mol. The Morgan fingerprint density at radius 3 is 2.73 bits per heavy atom. The first kappa shape index (κ1) is 20.5. The van der Waals surface area contributed by atoms with Gasteiger partial charge in [0, 0.05) is 32.1 Å². The SMILES string of the molecule is Cc1nn(C)cc1C(=O)NC[C@H]1OC[C@@H](n2ccc(=O)[nH]c2=O)[C@@H]2OC(C)(C)O[C@@H]21. The normalized spacial score (nSPS) is 27.6. The third kappa shape index (κ3) is 3.83. The van der Waals surface area contributed by atoms with Gasteiger partial charge in [0.2, 0.25) is 0 Å². The van der Waals surface area contributed by atoms with E-state index in [0.717, 1.165) is 0 Å². The van der Waals surface area contributed by atoms with Crippen molar-refractivity contribution in [2.45, 2.75) is 50.9 Å². The van der Waals surface area contributed by atoms with Crippen LogP contribution in [0, 0.1) is 6.92 Å². The van der Waals surface area contributed by atoms with Crippen molar-refractivity contribution in [2.24, 2.45) is 7.05 Å². The van der Waals surface area contributed by atoms with Crippen LogP contribution in [-0.4, -0.2) is 62.5 Å². The molecule has 4 heterocycles. The summed E-state index contributed by atoms with van der Waals surface area (Å²) in [5.74, 6) is -1.13. The number of carbonyl (C=O) groups excluding carboxylic acids is 1. The monoisotopic (exact) mass is 419 g/mol. The molecule has 0 aliphatic carbocycles. The largest absolute Gasteiger partial charge is 0.371 e. The summed E-state index contributed by atoms with van der Waals surface area (Å²) in [6.07, 6.45) is 1.63. The highest BCUT2D eigenvalue weighted by molar-refractivity contribution is 5.95. The first-order valence-corrected chi connectivity index (χ1v) is 9.72. The summed E-state index contributed by atoms with van der Waals surface area (Å²) in [6.45, 7) is 5.71. The van der Waals surface area contributed by atoms with Gasteiger partial charge in [0.25, 0.3) is 11.5 Å². The smallest absolute Gasteiger partial charge is 0.328 e. The average Bonchev–Trinajstić information content (AvgIpc) is 3.17. The molecule has 1 amide bonds. The second-order valence-electron chi connectivity index (χ2n) is 8.03. The summed E-state index contributed by atoms with van der Waals surface area (Å²) in [5.41, 5.74) is 0.115. The van der Waals surface area contributed by atoms with E-state index in [1.54, 1.807) is 38.7 Å². The lowest BCUT2D eigenvalue weighted by Gasteiger charge is -2.37. The maximum Gasteiger partial charge on any atom is 0.328 e. The van der Waals surface area contributed by atoms with Gasteiger partial charge in [-0.2, -0.15) is 5.10 Å². The lowest BCUT2D eigenvalue weighted by atomic mass is 9.97. The van der Waals surface area contributed by atoms with Gasteiger partial charge >= 0.3 is 5.69 Å². The Morgan fingerprint density at radius 2 is 2.07 bits per heavy atom. The summed E-state index contributed by atoms with van der Waals surface area (Å²) >= 11 is 0. The first-order valence-electron chi connectivity index (χ1n) is 9.72. The highest BCUT2D eigenvalue weighted by Crippen LogP contribution is 2.39. The second kappa shape index (κ2) is 7.49. The summed E-state index contributed by atoms with van der Waals surface area (Å²) < 4.78 is 21.1. The molecule has 2 aromatic rings. The fraction of sp³-hybridized carbons (Fsp3) is 0.579. The molecule has 2 saturated heterocycles. The number of fused-ring (bicyclic) bond motifs is 1.